The molecule has 0 fully saturated rings. The van der Waals surface area contributed by atoms with E-state index in [-0.39, 0.29) is 0 Å². The first-order valence-corrected chi connectivity index (χ1v) is 3.65. The lowest BCUT2D eigenvalue weighted by molar-refractivity contribution is 0.599. The van der Waals surface area contributed by atoms with Crippen LogP contribution in [0.5, 0.6) is 0 Å². The summed E-state index contributed by atoms with van der Waals surface area (Å²) in [4.78, 5) is 7.57. The second-order valence-electron chi connectivity index (χ2n) is 2.78. The van der Waals surface area contributed by atoms with Crippen LogP contribution in [-0.2, 0) is 4.75 Å². The molecule has 1 heterocycles. The zero-order chi connectivity index (χ0) is 8.48. The Labute approximate surface area is 70.3 Å². The van der Waals surface area contributed by atoms with Gasteiger partial charge in [0, 0.05) is 0 Å². The molecule has 0 bridgehead atoms. The SMILES string of the molecule is CC(C)(S)c1ncc(F)cn1. The summed E-state index contributed by atoms with van der Waals surface area (Å²) < 4.78 is 11.9. The van der Waals surface area contributed by atoms with Crippen molar-refractivity contribution >= 4 is 12.6 Å². The summed E-state index contributed by atoms with van der Waals surface area (Å²) in [5.74, 6) is 0.105. The van der Waals surface area contributed by atoms with Gasteiger partial charge in [-0.25, -0.2) is 14.4 Å². The predicted octanol–water partition coefficient (Wildman–Crippen LogP) is 1.78. The van der Waals surface area contributed by atoms with Crippen molar-refractivity contribution in [2.45, 2.75) is 18.6 Å². The molecule has 0 unspecified atom stereocenters. The van der Waals surface area contributed by atoms with E-state index in [4.69, 9.17) is 0 Å². The molecule has 0 aliphatic carbocycles. The van der Waals surface area contributed by atoms with E-state index in [0.717, 1.165) is 12.4 Å². The van der Waals surface area contributed by atoms with Crippen molar-refractivity contribution in [1.29, 1.82) is 0 Å². The summed E-state index contributed by atoms with van der Waals surface area (Å²) in [6.45, 7) is 3.70. The third kappa shape index (κ3) is 2.15. The molecule has 60 valence electrons. The van der Waals surface area contributed by atoms with Crippen molar-refractivity contribution in [3.05, 3.63) is 24.0 Å². The maximum absolute atomic E-state index is 12.3. The Morgan fingerprint density at radius 3 is 2.18 bits per heavy atom. The van der Waals surface area contributed by atoms with Crippen LogP contribution in [-0.4, -0.2) is 9.97 Å². The van der Waals surface area contributed by atoms with Gasteiger partial charge in [0.05, 0.1) is 17.1 Å². The topological polar surface area (TPSA) is 25.8 Å². The minimum absolute atomic E-state index is 0.409. The molecule has 2 nitrogen and oxygen atoms in total. The Morgan fingerprint density at radius 2 is 1.82 bits per heavy atom. The average molecular weight is 172 g/mol. The van der Waals surface area contributed by atoms with Crippen molar-refractivity contribution in [3.63, 3.8) is 0 Å². The van der Waals surface area contributed by atoms with Gasteiger partial charge < -0.3 is 0 Å². The highest BCUT2D eigenvalue weighted by atomic mass is 32.1. The van der Waals surface area contributed by atoms with Crippen LogP contribution >= 0.6 is 12.6 Å². The summed E-state index contributed by atoms with van der Waals surface area (Å²) in [6, 6.07) is 0. The Bertz CT molecular complexity index is 240. The smallest absolute Gasteiger partial charge is 0.159 e. The van der Waals surface area contributed by atoms with Gasteiger partial charge in [-0.05, 0) is 13.8 Å². The fraction of sp³-hybridized carbons (Fsp3) is 0.429. The van der Waals surface area contributed by atoms with Crippen LogP contribution in [0.3, 0.4) is 0 Å². The fourth-order valence-corrected chi connectivity index (χ4v) is 0.744. The van der Waals surface area contributed by atoms with Crippen molar-refractivity contribution in [1.82, 2.24) is 9.97 Å². The van der Waals surface area contributed by atoms with Crippen molar-refractivity contribution < 1.29 is 4.39 Å². The van der Waals surface area contributed by atoms with E-state index in [1.54, 1.807) is 0 Å². The number of aromatic nitrogens is 2. The van der Waals surface area contributed by atoms with E-state index >= 15 is 0 Å². The third-order valence-electron chi connectivity index (χ3n) is 1.17. The average Bonchev–Trinajstić information content (AvgIpc) is 1.86. The standard InChI is InChI=1S/C7H9FN2S/c1-7(2,11)6-9-3-5(8)4-10-6/h3-4,11H,1-2H3. The zero-order valence-electron chi connectivity index (χ0n) is 6.37. The number of hydrogen-bond acceptors (Lipinski definition) is 3. The van der Waals surface area contributed by atoms with E-state index in [9.17, 15) is 4.39 Å². The van der Waals surface area contributed by atoms with Crippen molar-refractivity contribution in [2.24, 2.45) is 0 Å². The van der Waals surface area contributed by atoms with Gasteiger partial charge in [-0.15, -0.1) is 0 Å². The van der Waals surface area contributed by atoms with Crippen LogP contribution in [0.4, 0.5) is 4.39 Å². The first kappa shape index (κ1) is 8.46. The van der Waals surface area contributed by atoms with Crippen LogP contribution in [0.2, 0.25) is 0 Å². The van der Waals surface area contributed by atoms with Gasteiger partial charge in [-0.2, -0.15) is 12.6 Å². The summed E-state index contributed by atoms with van der Waals surface area (Å²) in [7, 11) is 0. The second-order valence-corrected chi connectivity index (χ2v) is 3.90. The molecular formula is C7H9FN2S. The second kappa shape index (κ2) is 2.77. The van der Waals surface area contributed by atoms with Gasteiger partial charge in [-0.3, -0.25) is 0 Å². The van der Waals surface area contributed by atoms with Crippen LogP contribution in [0, 0.1) is 5.82 Å². The van der Waals surface area contributed by atoms with Crippen molar-refractivity contribution in [2.75, 3.05) is 0 Å². The summed E-state index contributed by atoms with van der Waals surface area (Å²) >= 11 is 4.23. The highest BCUT2D eigenvalue weighted by Crippen LogP contribution is 2.22. The van der Waals surface area contributed by atoms with Gasteiger partial charge >= 0.3 is 0 Å². The van der Waals surface area contributed by atoms with E-state index in [0.29, 0.717) is 5.82 Å². The first-order valence-electron chi connectivity index (χ1n) is 3.20. The summed E-state index contributed by atoms with van der Waals surface area (Å²) in [6.07, 6.45) is 2.28. The Morgan fingerprint density at radius 1 is 1.36 bits per heavy atom. The molecule has 0 aliphatic heterocycles. The van der Waals surface area contributed by atoms with Gasteiger partial charge in [0.1, 0.15) is 5.82 Å². The van der Waals surface area contributed by atoms with Crippen molar-refractivity contribution in [3.8, 4) is 0 Å². The normalized spacial score (nSPS) is 11.6. The lowest BCUT2D eigenvalue weighted by atomic mass is 10.2. The highest BCUT2D eigenvalue weighted by molar-refractivity contribution is 7.81. The van der Waals surface area contributed by atoms with Gasteiger partial charge in [0.25, 0.3) is 0 Å². The molecule has 0 atom stereocenters. The minimum Gasteiger partial charge on any atom is -0.237 e. The van der Waals surface area contributed by atoms with E-state index in [1.807, 2.05) is 13.8 Å². The van der Waals surface area contributed by atoms with Gasteiger partial charge in [-0.1, -0.05) is 0 Å². The van der Waals surface area contributed by atoms with E-state index in [2.05, 4.69) is 22.6 Å². The van der Waals surface area contributed by atoms with Gasteiger partial charge in [0.15, 0.2) is 5.82 Å². The molecule has 1 aromatic heterocycles. The minimum atomic E-state index is -0.425. The molecule has 0 saturated heterocycles. The molecule has 4 heteroatoms. The Kier molecular flexibility index (Phi) is 2.13. The van der Waals surface area contributed by atoms with Crippen LogP contribution < -0.4 is 0 Å². The molecule has 0 aromatic carbocycles. The molecule has 0 N–H and O–H groups in total. The molecular weight excluding hydrogens is 163 g/mol. The molecule has 0 aliphatic rings. The number of rotatable bonds is 1. The van der Waals surface area contributed by atoms with Crippen LogP contribution in [0.25, 0.3) is 0 Å². The molecule has 1 rings (SSSR count). The lowest BCUT2D eigenvalue weighted by Gasteiger charge is -2.13. The lowest BCUT2D eigenvalue weighted by Crippen LogP contribution is -2.12. The predicted molar refractivity (Wildman–Crippen MR) is 44.0 cm³/mol. The fourth-order valence-electron chi connectivity index (χ4n) is 0.628. The number of thiol groups is 1. The number of nitrogens with zero attached hydrogens (tertiary/aromatic N) is 2. The van der Waals surface area contributed by atoms with Crippen LogP contribution in [0.15, 0.2) is 12.4 Å². The number of halogens is 1. The monoisotopic (exact) mass is 172 g/mol. The molecule has 1 aromatic rings. The molecule has 0 radical (unpaired) electrons. The number of hydrogen-bond donors (Lipinski definition) is 1. The zero-order valence-corrected chi connectivity index (χ0v) is 7.27. The Hall–Kier alpha value is -0.640. The molecule has 0 amide bonds. The summed E-state index contributed by atoms with van der Waals surface area (Å²) in [5, 5.41) is 0. The largest absolute Gasteiger partial charge is 0.237 e. The van der Waals surface area contributed by atoms with E-state index in [1.165, 1.54) is 0 Å². The first-order chi connectivity index (χ1) is 5.00. The Balaban J connectivity index is 2.99. The maximum Gasteiger partial charge on any atom is 0.159 e. The highest BCUT2D eigenvalue weighted by Gasteiger charge is 2.17. The molecule has 0 spiro atoms. The molecule has 11 heavy (non-hydrogen) atoms. The summed E-state index contributed by atoms with van der Waals surface area (Å²) in [5.41, 5.74) is 0. The third-order valence-corrected chi connectivity index (χ3v) is 1.37. The maximum atomic E-state index is 12.3. The van der Waals surface area contributed by atoms with E-state index < -0.39 is 10.6 Å². The van der Waals surface area contributed by atoms with Crippen LogP contribution in [0.1, 0.15) is 19.7 Å². The van der Waals surface area contributed by atoms with Gasteiger partial charge in [0.2, 0.25) is 0 Å². The quantitative estimate of drug-likeness (QED) is 0.653. The molecule has 0 saturated carbocycles.